The van der Waals surface area contributed by atoms with Crippen LogP contribution in [0, 0.1) is 12.0 Å². The second kappa shape index (κ2) is 5.60. The first-order chi connectivity index (χ1) is 9.03. The standard InChI is InChI=1S/C11H16O8/c12-4-6-7(14)8(15)9(16)10(18-6)19-11(5-13)2-1-3-17-11/h6-10,12-16H,2,4-5H2/t6?,7?,8?,9?,10?,11-/m1/s1. The van der Waals surface area contributed by atoms with Gasteiger partial charge in [0, 0.05) is 0 Å². The summed E-state index contributed by atoms with van der Waals surface area (Å²) in [4.78, 5) is 0. The summed E-state index contributed by atoms with van der Waals surface area (Å²) >= 11 is 0. The first kappa shape index (κ1) is 14.5. The van der Waals surface area contributed by atoms with Crippen molar-refractivity contribution in [2.75, 3.05) is 13.2 Å². The zero-order valence-electron chi connectivity index (χ0n) is 9.97. The minimum atomic E-state index is -1.55. The third-order valence-corrected chi connectivity index (χ3v) is 3.09. The molecule has 108 valence electrons. The van der Waals surface area contributed by atoms with Crippen LogP contribution < -0.4 is 0 Å². The van der Waals surface area contributed by atoms with Gasteiger partial charge in [0.15, 0.2) is 6.29 Å². The van der Waals surface area contributed by atoms with Crippen molar-refractivity contribution in [3.63, 3.8) is 0 Å². The van der Waals surface area contributed by atoms with Crippen molar-refractivity contribution >= 4 is 0 Å². The van der Waals surface area contributed by atoms with Crippen LogP contribution in [0.5, 0.6) is 0 Å². The molecule has 8 heteroatoms. The lowest BCUT2D eigenvalue weighted by Crippen LogP contribution is -2.61. The summed E-state index contributed by atoms with van der Waals surface area (Å²) < 4.78 is 15.4. The molecule has 0 aliphatic carbocycles. The van der Waals surface area contributed by atoms with Crippen LogP contribution in [0.15, 0.2) is 0 Å². The molecule has 2 aliphatic heterocycles. The van der Waals surface area contributed by atoms with Crippen LogP contribution in [-0.4, -0.2) is 75.2 Å². The van der Waals surface area contributed by atoms with Gasteiger partial charge in [-0.1, -0.05) is 5.92 Å². The lowest BCUT2D eigenvalue weighted by atomic mass is 9.99. The molecule has 0 amide bonds. The van der Waals surface area contributed by atoms with E-state index < -0.39 is 49.7 Å². The molecule has 0 aromatic carbocycles. The van der Waals surface area contributed by atoms with E-state index in [-0.39, 0.29) is 6.42 Å². The fourth-order valence-corrected chi connectivity index (χ4v) is 1.90. The van der Waals surface area contributed by atoms with Crippen molar-refractivity contribution in [2.45, 2.75) is 42.9 Å². The average Bonchev–Trinajstić information content (AvgIpc) is 2.89. The van der Waals surface area contributed by atoms with Gasteiger partial charge in [-0.25, -0.2) is 0 Å². The predicted octanol–water partition coefficient (Wildman–Crippen LogP) is -3.13. The van der Waals surface area contributed by atoms with E-state index in [0.29, 0.717) is 0 Å². The molecular formula is C11H16O8. The Labute approximate surface area is 109 Å². The van der Waals surface area contributed by atoms with Crippen molar-refractivity contribution in [1.29, 1.82) is 0 Å². The number of hydrogen-bond donors (Lipinski definition) is 5. The van der Waals surface area contributed by atoms with Gasteiger partial charge in [-0.3, -0.25) is 0 Å². The van der Waals surface area contributed by atoms with E-state index in [9.17, 15) is 20.4 Å². The topological polar surface area (TPSA) is 129 Å². The van der Waals surface area contributed by atoms with Gasteiger partial charge in [0.2, 0.25) is 0 Å². The Morgan fingerprint density at radius 3 is 2.42 bits per heavy atom. The minimum Gasteiger partial charge on any atom is -0.408 e. The van der Waals surface area contributed by atoms with Gasteiger partial charge in [0.1, 0.15) is 37.1 Å². The third-order valence-electron chi connectivity index (χ3n) is 3.09. The van der Waals surface area contributed by atoms with Crippen LogP contribution in [0.2, 0.25) is 0 Å². The summed E-state index contributed by atoms with van der Waals surface area (Å²) in [6, 6.07) is 0. The van der Waals surface area contributed by atoms with E-state index in [4.69, 9.17) is 19.3 Å². The molecule has 0 saturated carbocycles. The summed E-state index contributed by atoms with van der Waals surface area (Å²) in [6.07, 6.45) is -4.67. The van der Waals surface area contributed by atoms with E-state index in [0.717, 1.165) is 0 Å². The number of aliphatic hydroxyl groups excluding tert-OH is 5. The molecule has 0 radical (unpaired) electrons. The van der Waals surface area contributed by atoms with Gasteiger partial charge < -0.3 is 39.7 Å². The molecule has 0 aromatic rings. The Morgan fingerprint density at radius 1 is 1.16 bits per heavy atom. The third kappa shape index (κ3) is 2.68. The van der Waals surface area contributed by atoms with E-state index >= 15 is 0 Å². The molecule has 2 rings (SSSR count). The van der Waals surface area contributed by atoms with Crippen LogP contribution in [-0.2, 0) is 14.2 Å². The Kier molecular flexibility index (Phi) is 4.27. The van der Waals surface area contributed by atoms with Gasteiger partial charge in [0.05, 0.1) is 13.0 Å². The molecule has 2 heterocycles. The van der Waals surface area contributed by atoms with Crippen molar-refractivity contribution in [3.8, 4) is 12.0 Å². The van der Waals surface area contributed by atoms with Crippen LogP contribution in [0.1, 0.15) is 6.42 Å². The maximum atomic E-state index is 9.77. The predicted molar refractivity (Wildman–Crippen MR) is 58.1 cm³/mol. The van der Waals surface area contributed by atoms with Gasteiger partial charge in [-0.15, -0.1) is 0 Å². The summed E-state index contributed by atoms with van der Waals surface area (Å²) in [6.45, 7) is -1.10. The lowest BCUT2D eigenvalue weighted by molar-refractivity contribution is -0.362. The second-order valence-corrected chi connectivity index (χ2v) is 4.44. The highest BCUT2D eigenvalue weighted by Crippen LogP contribution is 2.29. The van der Waals surface area contributed by atoms with Crippen molar-refractivity contribution in [3.05, 3.63) is 0 Å². The molecule has 0 spiro atoms. The lowest BCUT2D eigenvalue weighted by Gasteiger charge is -2.42. The van der Waals surface area contributed by atoms with Gasteiger partial charge >= 0.3 is 0 Å². The number of aliphatic hydroxyl groups is 5. The summed E-state index contributed by atoms with van der Waals surface area (Å²) in [5, 5.41) is 47.2. The SMILES string of the molecule is OCC1OC(O[C@@]2(CO)CC#CO2)C(O)C(O)C1O. The molecule has 6 atom stereocenters. The molecule has 0 aromatic heterocycles. The van der Waals surface area contributed by atoms with E-state index in [1.165, 1.54) is 0 Å². The fourth-order valence-electron chi connectivity index (χ4n) is 1.90. The highest BCUT2D eigenvalue weighted by molar-refractivity contribution is 5.05. The molecule has 0 bridgehead atoms. The van der Waals surface area contributed by atoms with Crippen LogP contribution in [0.25, 0.3) is 0 Å². The molecule has 1 saturated heterocycles. The minimum absolute atomic E-state index is 0.0680. The summed E-state index contributed by atoms with van der Waals surface area (Å²) in [7, 11) is 0. The molecule has 8 nitrogen and oxygen atoms in total. The van der Waals surface area contributed by atoms with E-state index in [2.05, 4.69) is 12.0 Å². The zero-order chi connectivity index (χ0) is 14.0. The number of ether oxygens (including phenoxy) is 3. The Hall–Kier alpha value is -0.920. The smallest absolute Gasteiger partial charge is 0.257 e. The first-order valence-electron chi connectivity index (χ1n) is 5.78. The Morgan fingerprint density at radius 2 is 1.89 bits per heavy atom. The molecular weight excluding hydrogens is 260 g/mol. The first-order valence-corrected chi connectivity index (χ1v) is 5.78. The normalized spacial score (nSPS) is 45.4. The second-order valence-electron chi connectivity index (χ2n) is 4.44. The molecule has 1 fully saturated rings. The van der Waals surface area contributed by atoms with Gasteiger partial charge in [-0.2, -0.15) is 0 Å². The van der Waals surface area contributed by atoms with Crippen LogP contribution in [0.4, 0.5) is 0 Å². The highest BCUT2D eigenvalue weighted by atomic mass is 16.8. The number of rotatable bonds is 4. The molecule has 2 aliphatic rings. The van der Waals surface area contributed by atoms with Crippen molar-refractivity contribution in [1.82, 2.24) is 0 Å². The zero-order valence-corrected chi connectivity index (χ0v) is 9.97. The highest BCUT2D eigenvalue weighted by Gasteiger charge is 2.48. The molecule has 5 N–H and O–H groups in total. The van der Waals surface area contributed by atoms with Crippen molar-refractivity contribution in [2.24, 2.45) is 0 Å². The van der Waals surface area contributed by atoms with E-state index in [1.807, 2.05) is 0 Å². The average molecular weight is 276 g/mol. The van der Waals surface area contributed by atoms with Gasteiger partial charge in [-0.05, 0) is 0 Å². The Balaban J connectivity index is 2.06. The monoisotopic (exact) mass is 276 g/mol. The largest absolute Gasteiger partial charge is 0.408 e. The molecule has 19 heavy (non-hydrogen) atoms. The summed E-state index contributed by atoms with van der Waals surface area (Å²) in [5.74, 6) is 1.07. The van der Waals surface area contributed by atoms with Crippen LogP contribution in [0.3, 0.4) is 0 Å². The van der Waals surface area contributed by atoms with E-state index in [1.54, 1.807) is 0 Å². The summed E-state index contributed by atoms with van der Waals surface area (Å²) in [5.41, 5.74) is 0. The van der Waals surface area contributed by atoms with Gasteiger partial charge in [0.25, 0.3) is 5.79 Å². The maximum Gasteiger partial charge on any atom is 0.257 e. The van der Waals surface area contributed by atoms with Crippen LogP contribution >= 0.6 is 0 Å². The number of hydrogen-bond acceptors (Lipinski definition) is 8. The fraction of sp³-hybridized carbons (Fsp3) is 0.818. The molecule has 5 unspecified atom stereocenters. The Bertz CT molecular complexity index is 363. The maximum absolute atomic E-state index is 9.77. The van der Waals surface area contributed by atoms with Crippen molar-refractivity contribution < 1.29 is 39.7 Å². The quantitative estimate of drug-likeness (QED) is 0.341.